The van der Waals surface area contributed by atoms with Crippen molar-refractivity contribution in [2.45, 2.75) is 44.8 Å². The van der Waals surface area contributed by atoms with E-state index < -0.39 is 0 Å². The van der Waals surface area contributed by atoms with Crippen LogP contribution in [0.4, 0.5) is 0 Å². The molecule has 4 nitrogen and oxygen atoms in total. The molecule has 5 heteroatoms. The Kier molecular flexibility index (Phi) is 8.46. The van der Waals surface area contributed by atoms with Crippen molar-refractivity contribution >= 4 is 18.3 Å². The van der Waals surface area contributed by atoms with E-state index in [9.17, 15) is 4.79 Å². The lowest BCUT2D eigenvalue weighted by molar-refractivity contribution is -0.124. The topological polar surface area (TPSA) is 44.4 Å². The number of benzene rings is 1. The molecular weight excluding hydrogens is 298 g/mol. The van der Waals surface area contributed by atoms with Gasteiger partial charge in [-0.15, -0.1) is 12.4 Å². The molecule has 0 saturated carbocycles. The Balaban J connectivity index is 0.00000242. The molecule has 1 heterocycles. The Morgan fingerprint density at radius 2 is 2.09 bits per heavy atom. The number of carbonyl (C=O) groups is 1. The van der Waals surface area contributed by atoms with Crippen molar-refractivity contribution < 1.29 is 4.79 Å². The SMILES string of the molecule is CC(CN(C)Cc1ccccc1)NC(=O)C1CCCCN1.Cl. The molecule has 1 aromatic carbocycles. The molecule has 0 aromatic heterocycles. The van der Waals surface area contributed by atoms with Gasteiger partial charge in [-0.05, 0) is 38.9 Å². The molecule has 1 aliphatic heterocycles. The van der Waals surface area contributed by atoms with Gasteiger partial charge in [0.15, 0.2) is 0 Å². The molecule has 0 bridgehead atoms. The second-order valence-corrected chi connectivity index (χ2v) is 6.09. The minimum absolute atomic E-state index is 0. The van der Waals surface area contributed by atoms with Gasteiger partial charge in [0.25, 0.3) is 0 Å². The zero-order chi connectivity index (χ0) is 15.1. The molecule has 2 atom stereocenters. The van der Waals surface area contributed by atoms with E-state index in [1.54, 1.807) is 0 Å². The summed E-state index contributed by atoms with van der Waals surface area (Å²) in [5.74, 6) is 0.148. The average molecular weight is 326 g/mol. The molecule has 1 aliphatic rings. The molecule has 0 aliphatic carbocycles. The smallest absolute Gasteiger partial charge is 0.237 e. The van der Waals surface area contributed by atoms with Crippen LogP contribution in [0.5, 0.6) is 0 Å². The van der Waals surface area contributed by atoms with Gasteiger partial charge in [0, 0.05) is 19.1 Å². The van der Waals surface area contributed by atoms with Crippen LogP contribution in [0.1, 0.15) is 31.7 Å². The molecule has 2 unspecified atom stereocenters. The van der Waals surface area contributed by atoms with Crippen LogP contribution >= 0.6 is 12.4 Å². The standard InChI is InChI=1S/C17H27N3O.ClH/c1-14(19-17(21)16-10-6-7-11-18-16)12-20(2)13-15-8-4-3-5-9-15;/h3-5,8-9,14,16,18H,6-7,10-13H2,1-2H3,(H,19,21);1H. The summed E-state index contributed by atoms with van der Waals surface area (Å²) in [4.78, 5) is 14.4. The lowest BCUT2D eigenvalue weighted by Crippen LogP contribution is -2.50. The van der Waals surface area contributed by atoms with Crippen molar-refractivity contribution in [1.29, 1.82) is 0 Å². The Labute approximate surface area is 140 Å². The highest BCUT2D eigenvalue weighted by molar-refractivity contribution is 5.85. The Bertz CT molecular complexity index is 435. The van der Waals surface area contributed by atoms with Crippen molar-refractivity contribution in [2.75, 3.05) is 20.1 Å². The van der Waals surface area contributed by atoms with E-state index in [2.05, 4.69) is 53.8 Å². The van der Waals surface area contributed by atoms with Crippen LogP contribution in [0.15, 0.2) is 30.3 Å². The van der Waals surface area contributed by atoms with Gasteiger partial charge in [-0.3, -0.25) is 4.79 Å². The molecule has 22 heavy (non-hydrogen) atoms. The van der Waals surface area contributed by atoms with E-state index in [1.807, 2.05) is 6.07 Å². The monoisotopic (exact) mass is 325 g/mol. The first kappa shape index (κ1) is 18.9. The Morgan fingerprint density at radius 3 is 2.73 bits per heavy atom. The first-order chi connectivity index (χ1) is 10.1. The maximum atomic E-state index is 12.2. The molecule has 1 fully saturated rings. The number of likely N-dealkylation sites (N-methyl/N-ethyl adjacent to an activating group) is 1. The number of amides is 1. The summed E-state index contributed by atoms with van der Waals surface area (Å²) in [5.41, 5.74) is 1.30. The molecule has 2 rings (SSSR count). The summed E-state index contributed by atoms with van der Waals surface area (Å²) in [5, 5.41) is 6.41. The second kappa shape index (κ2) is 9.82. The number of rotatable bonds is 6. The van der Waals surface area contributed by atoms with Crippen molar-refractivity contribution in [3.05, 3.63) is 35.9 Å². The summed E-state index contributed by atoms with van der Waals surface area (Å²) in [6.07, 6.45) is 3.28. The second-order valence-electron chi connectivity index (χ2n) is 6.09. The third-order valence-electron chi connectivity index (χ3n) is 3.90. The molecule has 0 radical (unpaired) electrons. The summed E-state index contributed by atoms with van der Waals surface area (Å²) >= 11 is 0. The first-order valence-electron chi connectivity index (χ1n) is 7.91. The van der Waals surface area contributed by atoms with E-state index in [-0.39, 0.29) is 30.4 Å². The predicted octanol–water partition coefficient (Wildman–Crippen LogP) is 2.19. The van der Waals surface area contributed by atoms with E-state index in [4.69, 9.17) is 0 Å². The number of piperidine rings is 1. The average Bonchev–Trinajstić information content (AvgIpc) is 2.48. The Hall–Kier alpha value is -1.10. The summed E-state index contributed by atoms with van der Waals surface area (Å²) in [6.45, 7) is 4.79. The van der Waals surface area contributed by atoms with Gasteiger partial charge in [0.05, 0.1) is 6.04 Å². The maximum absolute atomic E-state index is 12.2. The first-order valence-corrected chi connectivity index (χ1v) is 7.91. The minimum Gasteiger partial charge on any atom is -0.351 e. The van der Waals surface area contributed by atoms with Crippen molar-refractivity contribution in [1.82, 2.24) is 15.5 Å². The quantitative estimate of drug-likeness (QED) is 0.842. The highest BCUT2D eigenvalue weighted by Crippen LogP contribution is 2.07. The van der Waals surface area contributed by atoms with Gasteiger partial charge in [0.1, 0.15) is 0 Å². The van der Waals surface area contributed by atoms with E-state index in [0.717, 1.165) is 32.5 Å². The van der Waals surface area contributed by atoms with E-state index in [1.165, 1.54) is 12.0 Å². The largest absolute Gasteiger partial charge is 0.351 e. The summed E-state index contributed by atoms with van der Waals surface area (Å²) in [7, 11) is 2.09. The van der Waals surface area contributed by atoms with Crippen LogP contribution in [0.3, 0.4) is 0 Å². The lowest BCUT2D eigenvalue weighted by Gasteiger charge is -2.26. The van der Waals surface area contributed by atoms with Crippen LogP contribution in [0.2, 0.25) is 0 Å². The van der Waals surface area contributed by atoms with Crippen molar-refractivity contribution in [2.24, 2.45) is 0 Å². The highest BCUT2D eigenvalue weighted by Gasteiger charge is 2.21. The lowest BCUT2D eigenvalue weighted by atomic mass is 10.0. The molecule has 0 spiro atoms. The summed E-state index contributed by atoms with van der Waals surface area (Å²) < 4.78 is 0. The number of carbonyl (C=O) groups excluding carboxylic acids is 1. The molecule has 1 aromatic rings. The normalized spacial score (nSPS) is 19.3. The number of nitrogens with one attached hydrogen (secondary N) is 2. The fourth-order valence-electron chi connectivity index (χ4n) is 2.89. The molecule has 1 amide bonds. The number of hydrogen-bond acceptors (Lipinski definition) is 3. The maximum Gasteiger partial charge on any atom is 0.237 e. The van der Waals surface area contributed by atoms with E-state index in [0.29, 0.717) is 0 Å². The predicted molar refractivity (Wildman–Crippen MR) is 93.3 cm³/mol. The van der Waals surface area contributed by atoms with Gasteiger partial charge in [0.2, 0.25) is 5.91 Å². The molecule has 2 N–H and O–H groups in total. The highest BCUT2D eigenvalue weighted by atomic mass is 35.5. The number of hydrogen-bond donors (Lipinski definition) is 2. The van der Waals surface area contributed by atoms with Crippen LogP contribution in [0, 0.1) is 0 Å². The summed E-state index contributed by atoms with van der Waals surface area (Å²) in [6, 6.07) is 10.6. The third kappa shape index (κ3) is 6.34. The zero-order valence-electron chi connectivity index (χ0n) is 13.5. The minimum atomic E-state index is 0. The van der Waals surface area contributed by atoms with Crippen molar-refractivity contribution in [3.63, 3.8) is 0 Å². The van der Waals surface area contributed by atoms with Gasteiger partial charge >= 0.3 is 0 Å². The van der Waals surface area contributed by atoms with Gasteiger partial charge < -0.3 is 15.5 Å². The van der Waals surface area contributed by atoms with Crippen LogP contribution in [-0.2, 0) is 11.3 Å². The van der Waals surface area contributed by atoms with Crippen LogP contribution in [-0.4, -0.2) is 43.0 Å². The van der Waals surface area contributed by atoms with Crippen molar-refractivity contribution in [3.8, 4) is 0 Å². The van der Waals surface area contributed by atoms with E-state index >= 15 is 0 Å². The van der Waals surface area contributed by atoms with Crippen LogP contribution < -0.4 is 10.6 Å². The van der Waals surface area contributed by atoms with Gasteiger partial charge in [-0.25, -0.2) is 0 Å². The fraction of sp³-hybridized carbons (Fsp3) is 0.588. The molecule has 124 valence electrons. The molecule has 1 saturated heterocycles. The van der Waals surface area contributed by atoms with Gasteiger partial charge in [-0.2, -0.15) is 0 Å². The number of halogens is 1. The fourth-order valence-corrected chi connectivity index (χ4v) is 2.89. The van der Waals surface area contributed by atoms with Crippen LogP contribution in [0.25, 0.3) is 0 Å². The van der Waals surface area contributed by atoms with Gasteiger partial charge in [-0.1, -0.05) is 36.8 Å². The molecular formula is C17H28ClN3O. The zero-order valence-corrected chi connectivity index (χ0v) is 14.4. The third-order valence-corrected chi connectivity index (χ3v) is 3.90. The number of nitrogens with zero attached hydrogens (tertiary/aromatic N) is 1. The Morgan fingerprint density at radius 1 is 1.36 bits per heavy atom.